The molecule has 4 rings (SSSR count). The minimum atomic E-state index is -0.923. The molecule has 1 aliphatic heterocycles. The van der Waals surface area contributed by atoms with Crippen molar-refractivity contribution in [2.45, 2.75) is 53.5 Å². The summed E-state index contributed by atoms with van der Waals surface area (Å²) >= 11 is 2.21. The molecule has 188 valence electrons. The van der Waals surface area contributed by atoms with Gasteiger partial charge in [-0.1, -0.05) is 49.4 Å². The number of aromatic nitrogens is 2. The molecule has 0 radical (unpaired) electrons. The Kier molecular flexibility index (Phi) is 7.10. The number of hydrogen-bond donors (Lipinski definition) is 1. The largest absolute Gasteiger partial charge is 0.503 e. The number of aryl methyl sites for hydroxylation is 3. The summed E-state index contributed by atoms with van der Waals surface area (Å²) in [5, 5.41) is 11.9. The molecule has 2 aromatic heterocycles. The normalized spacial score (nSPS) is 15.8. The number of benzene rings is 1. The van der Waals surface area contributed by atoms with Gasteiger partial charge in [0.1, 0.15) is 4.88 Å². The van der Waals surface area contributed by atoms with Gasteiger partial charge in [0, 0.05) is 0 Å². The van der Waals surface area contributed by atoms with Gasteiger partial charge in [-0.25, -0.2) is 14.8 Å². The van der Waals surface area contributed by atoms with Crippen LogP contribution < -0.4 is 4.90 Å². The number of anilines is 1. The van der Waals surface area contributed by atoms with Gasteiger partial charge in [0.2, 0.25) is 5.78 Å². The van der Waals surface area contributed by atoms with Crippen LogP contribution in [0, 0.1) is 20.8 Å². The molecule has 3 aromatic rings. The molecule has 0 saturated heterocycles. The van der Waals surface area contributed by atoms with E-state index in [-0.39, 0.29) is 22.2 Å². The third kappa shape index (κ3) is 4.46. The Morgan fingerprint density at radius 1 is 1.06 bits per heavy atom. The molecule has 3 heterocycles. The Labute approximate surface area is 217 Å². The summed E-state index contributed by atoms with van der Waals surface area (Å²) in [5.41, 5.74) is 2.65. The highest BCUT2D eigenvalue weighted by molar-refractivity contribution is 7.17. The van der Waals surface area contributed by atoms with Crippen molar-refractivity contribution in [3.8, 4) is 0 Å². The molecule has 1 atom stereocenters. The third-order valence-electron chi connectivity index (χ3n) is 5.93. The van der Waals surface area contributed by atoms with E-state index in [9.17, 15) is 19.5 Å². The number of esters is 1. The smallest absolute Gasteiger partial charge is 0.350 e. The van der Waals surface area contributed by atoms with Gasteiger partial charge in [0.05, 0.1) is 39.5 Å². The third-order valence-corrected chi connectivity index (χ3v) is 8.14. The molecule has 10 heteroatoms. The van der Waals surface area contributed by atoms with Crippen LogP contribution in [0.3, 0.4) is 0 Å². The first kappa shape index (κ1) is 25.7. The van der Waals surface area contributed by atoms with Crippen LogP contribution in [0.2, 0.25) is 0 Å². The quantitative estimate of drug-likeness (QED) is 0.315. The van der Waals surface area contributed by atoms with Crippen molar-refractivity contribution in [3.63, 3.8) is 0 Å². The van der Waals surface area contributed by atoms with Gasteiger partial charge in [0.15, 0.2) is 10.9 Å². The summed E-state index contributed by atoms with van der Waals surface area (Å²) in [5.74, 6) is -2.08. The number of carbonyl (C=O) groups is 3. The number of nitrogens with zero attached hydrogens (tertiary/aromatic N) is 3. The second-order valence-electron chi connectivity index (χ2n) is 8.77. The second-order valence-corrected chi connectivity index (χ2v) is 11.0. The number of rotatable bonds is 7. The van der Waals surface area contributed by atoms with Crippen molar-refractivity contribution in [1.29, 1.82) is 0 Å². The Hall–Kier alpha value is -3.37. The van der Waals surface area contributed by atoms with Gasteiger partial charge in [-0.05, 0) is 44.7 Å². The van der Waals surface area contributed by atoms with Gasteiger partial charge >= 0.3 is 5.97 Å². The Bertz CT molecular complexity index is 1380. The first-order chi connectivity index (χ1) is 17.0. The van der Waals surface area contributed by atoms with E-state index < -0.39 is 29.5 Å². The molecule has 0 fully saturated rings. The van der Waals surface area contributed by atoms with Crippen LogP contribution >= 0.6 is 22.7 Å². The zero-order valence-corrected chi connectivity index (χ0v) is 22.5. The number of carbonyl (C=O) groups excluding carboxylic acids is 3. The monoisotopic (exact) mass is 525 g/mol. The van der Waals surface area contributed by atoms with Gasteiger partial charge in [-0.15, -0.1) is 11.3 Å². The fraction of sp³-hybridized carbons (Fsp3) is 0.346. The Balaban J connectivity index is 1.86. The van der Waals surface area contributed by atoms with Crippen molar-refractivity contribution in [3.05, 3.63) is 72.9 Å². The number of Topliss-reactive ketones (excluding diaryl/α,β-unsaturated/α-hetero) is 1. The number of aliphatic hydroxyl groups excluding tert-OH is 1. The molecular formula is C26H27N3O5S2. The highest BCUT2D eigenvalue weighted by Gasteiger charge is 2.46. The summed E-state index contributed by atoms with van der Waals surface area (Å²) in [6, 6.07) is 6.67. The van der Waals surface area contributed by atoms with Crippen molar-refractivity contribution >= 4 is 45.5 Å². The van der Waals surface area contributed by atoms with E-state index in [0.29, 0.717) is 32.8 Å². The summed E-state index contributed by atoms with van der Waals surface area (Å²) in [4.78, 5) is 50.3. The summed E-state index contributed by atoms with van der Waals surface area (Å²) in [6.45, 7) is 11.2. The van der Waals surface area contributed by atoms with E-state index in [1.807, 2.05) is 24.3 Å². The highest BCUT2D eigenvalue weighted by Crippen LogP contribution is 2.44. The van der Waals surface area contributed by atoms with Crippen LogP contribution in [0.4, 0.5) is 5.13 Å². The Morgan fingerprint density at radius 3 is 2.25 bits per heavy atom. The topological polar surface area (TPSA) is 110 Å². The molecule has 1 amide bonds. The summed E-state index contributed by atoms with van der Waals surface area (Å²) in [6.07, 6.45) is 0. The van der Waals surface area contributed by atoms with Gasteiger partial charge < -0.3 is 9.84 Å². The number of ketones is 1. The summed E-state index contributed by atoms with van der Waals surface area (Å²) < 4.78 is 5.12. The predicted octanol–water partition coefficient (Wildman–Crippen LogP) is 5.61. The number of thiazole rings is 2. The van der Waals surface area contributed by atoms with Gasteiger partial charge in [-0.2, -0.15) is 0 Å². The average Bonchev–Trinajstić information content (AvgIpc) is 3.46. The number of aliphatic hydroxyl groups is 1. The molecule has 1 unspecified atom stereocenters. The average molecular weight is 526 g/mol. The number of ether oxygens (including phenoxy) is 1. The van der Waals surface area contributed by atoms with Crippen molar-refractivity contribution in [2.24, 2.45) is 0 Å². The van der Waals surface area contributed by atoms with Crippen LogP contribution in [0.15, 0.2) is 35.6 Å². The van der Waals surface area contributed by atoms with Crippen LogP contribution in [-0.4, -0.2) is 39.3 Å². The molecule has 0 spiro atoms. The van der Waals surface area contributed by atoms with E-state index >= 15 is 0 Å². The Morgan fingerprint density at radius 2 is 1.69 bits per heavy atom. The highest BCUT2D eigenvalue weighted by atomic mass is 32.1. The minimum absolute atomic E-state index is 0.0328. The molecule has 36 heavy (non-hydrogen) atoms. The fourth-order valence-electron chi connectivity index (χ4n) is 4.15. The maximum absolute atomic E-state index is 13.7. The standard InChI is InChI=1S/C26H27N3O5S2/c1-7-34-25(33)23-14(5)28-26(36-23)29-19(17-10-8-16(9-11-17)12(2)3)18(21(31)24(29)32)20(30)22-13(4)27-15(6)35-22/h8-12,19,31H,7H2,1-6H3. The molecule has 1 aliphatic rings. The lowest BCUT2D eigenvalue weighted by atomic mass is 9.93. The van der Waals surface area contributed by atoms with Gasteiger partial charge in [-0.3, -0.25) is 14.5 Å². The van der Waals surface area contributed by atoms with E-state index in [2.05, 4.69) is 23.8 Å². The van der Waals surface area contributed by atoms with E-state index in [0.717, 1.165) is 16.9 Å². The molecule has 0 saturated carbocycles. The minimum Gasteiger partial charge on any atom is -0.503 e. The van der Waals surface area contributed by atoms with Crippen LogP contribution in [0.1, 0.15) is 79.6 Å². The molecule has 0 aliphatic carbocycles. The number of amides is 1. The van der Waals surface area contributed by atoms with Crippen molar-refractivity contribution < 1.29 is 24.2 Å². The number of hydrogen-bond acceptors (Lipinski definition) is 9. The van der Waals surface area contributed by atoms with Crippen LogP contribution in [-0.2, 0) is 9.53 Å². The maximum Gasteiger partial charge on any atom is 0.350 e. The lowest BCUT2D eigenvalue weighted by Gasteiger charge is -2.24. The first-order valence-corrected chi connectivity index (χ1v) is 13.2. The molecule has 0 bridgehead atoms. The van der Waals surface area contributed by atoms with Crippen molar-refractivity contribution in [2.75, 3.05) is 11.5 Å². The second kappa shape index (κ2) is 9.94. The maximum atomic E-state index is 13.7. The van der Waals surface area contributed by atoms with Gasteiger partial charge in [0.25, 0.3) is 5.91 Å². The SMILES string of the molecule is CCOC(=O)c1sc(N2C(=O)C(O)=C(C(=O)c3sc(C)nc3C)C2c2ccc(C(C)C)cc2)nc1C. The van der Waals surface area contributed by atoms with Crippen LogP contribution in [0.25, 0.3) is 0 Å². The first-order valence-electron chi connectivity index (χ1n) is 11.5. The van der Waals surface area contributed by atoms with Crippen molar-refractivity contribution in [1.82, 2.24) is 9.97 Å². The molecular weight excluding hydrogens is 498 g/mol. The van der Waals surface area contributed by atoms with E-state index in [1.54, 1.807) is 27.7 Å². The molecule has 1 N–H and O–H groups in total. The van der Waals surface area contributed by atoms with Crippen LogP contribution in [0.5, 0.6) is 0 Å². The lowest BCUT2D eigenvalue weighted by molar-refractivity contribution is -0.117. The van der Waals surface area contributed by atoms with E-state index in [4.69, 9.17) is 4.74 Å². The zero-order valence-electron chi connectivity index (χ0n) is 20.9. The zero-order chi connectivity index (χ0) is 26.3. The van der Waals surface area contributed by atoms with E-state index in [1.165, 1.54) is 16.2 Å². The summed E-state index contributed by atoms with van der Waals surface area (Å²) in [7, 11) is 0. The molecule has 8 nitrogen and oxygen atoms in total. The lowest BCUT2D eigenvalue weighted by Crippen LogP contribution is -2.31. The molecule has 1 aromatic carbocycles. The predicted molar refractivity (Wildman–Crippen MR) is 139 cm³/mol. The fourth-order valence-corrected chi connectivity index (χ4v) is 6.01.